The molecule has 0 unspecified atom stereocenters. The van der Waals surface area contributed by atoms with Gasteiger partial charge in [0, 0.05) is 34.2 Å². The van der Waals surface area contributed by atoms with Gasteiger partial charge in [0.15, 0.2) is 0 Å². The number of para-hydroxylation sites is 1. The van der Waals surface area contributed by atoms with Crippen molar-refractivity contribution in [2.75, 3.05) is 5.32 Å². The number of H-pyrrole nitrogens is 1. The van der Waals surface area contributed by atoms with Crippen LogP contribution in [-0.4, -0.2) is 32.2 Å². The minimum Gasteiger partial charge on any atom is -0.325 e. The van der Waals surface area contributed by atoms with E-state index < -0.39 is 5.91 Å². The number of carbonyl (C=O) groups excluding carboxylic acids is 2. The van der Waals surface area contributed by atoms with Crippen LogP contribution >= 0.6 is 11.8 Å². The summed E-state index contributed by atoms with van der Waals surface area (Å²) in [5, 5.41) is 20.1. The van der Waals surface area contributed by atoms with Crippen molar-refractivity contribution in [2.24, 2.45) is 0 Å². The largest absolute Gasteiger partial charge is 0.325 e. The SMILES string of the molecule is O=C(CCCCCC(=O)Nc1ccccc1Sc1ccc2c(C=Cc3ccccn3)n[nH]c2c1)NO. The number of anilines is 1. The van der Waals surface area contributed by atoms with Crippen LogP contribution in [0.3, 0.4) is 0 Å². The van der Waals surface area contributed by atoms with Crippen LogP contribution < -0.4 is 10.8 Å². The summed E-state index contributed by atoms with van der Waals surface area (Å²) in [4.78, 5) is 29.8. The van der Waals surface area contributed by atoms with E-state index in [1.807, 2.05) is 72.8 Å². The Morgan fingerprint density at radius 2 is 1.75 bits per heavy atom. The first kappa shape index (κ1) is 25.2. The summed E-state index contributed by atoms with van der Waals surface area (Å²) in [6.07, 6.45) is 8.29. The molecule has 0 saturated heterocycles. The highest BCUT2D eigenvalue weighted by Gasteiger charge is 2.10. The first-order valence-electron chi connectivity index (χ1n) is 11.7. The summed E-state index contributed by atoms with van der Waals surface area (Å²) in [5.74, 6) is -0.473. The van der Waals surface area contributed by atoms with Crippen LogP contribution in [0, 0.1) is 0 Å². The molecule has 9 heteroatoms. The van der Waals surface area contributed by atoms with Gasteiger partial charge < -0.3 is 5.32 Å². The highest BCUT2D eigenvalue weighted by Crippen LogP contribution is 2.35. The highest BCUT2D eigenvalue weighted by molar-refractivity contribution is 7.99. The number of fused-ring (bicyclic) bond motifs is 1. The molecule has 184 valence electrons. The predicted molar refractivity (Wildman–Crippen MR) is 141 cm³/mol. The molecule has 0 radical (unpaired) electrons. The topological polar surface area (TPSA) is 120 Å². The van der Waals surface area contributed by atoms with Gasteiger partial charge in [-0.2, -0.15) is 5.10 Å². The first-order chi connectivity index (χ1) is 17.6. The summed E-state index contributed by atoms with van der Waals surface area (Å²) >= 11 is 1.57. The molecule has 0 saturated carbocycles. The molecule has 0 aliphatic carbocycles. The number of hydrogen-bond acceptors (Lipinski definition) is 6. The predicted octanol–water partition coefficient (Wildman–Crippen LogP) is 5.67. The van der Waals surface area contributed by atoms with Gasteiger partial charge in [0.2, 0.25) is 11.8 Å². The van der Waals surface area contributed by atoms with E-state index in [-0.39, 0.29) is 12.3 Å². The molecule has 0 aliphatic heterocycles. The summed E-state index contributed by atoms with van der Waals surface area (Å²) in [6, 6.07) is 19.6. The van der Waals surface area contributed by atoms with Gasteiger partial charge >= 0.3 is 0 Å². The monoisotopic (exact) mass is 501 g/mol. The fourth-order valence-corrected chi connectivity index (χ4v) is 4.59. The van der Waals surface area contributed by atoms with E-state index in [0.29, 0.717) is 19.3 Å². The normalized spacial score (nSPS) is 11.1. The molecule has 0 fully saturated rings. The van der Waals surface area contributed by atoms with E-state index in [0.717, 1.165) is 44.2 Å². The third kappa shape index (κ3) is 7.03. The van der Waals surface area contributed by atoms with Gasteiger partial charge in [-0.3, -0.25) is 24.9 Å². The molecule has 0 bridgehead atoms. The highest BCUT2D eigenvalue weighted by atomic mass is 32.2. The number of aromatic amines is 1. The van der Waals surface area contributed by atoms with E-state index in [1.165, 1.54) is 0 Å². The smallest absolute Gasteiger partial charge is 0.243 e. The van der Waals surface area contributed by atoms with Crippen molar-refractivity contribution in [1.29, 1.82) is 0 Å². The molecule has 4 aromatic rings. The Balaban J connectivity index is 1.37. The van der Waals surface area contributed by atoms with Crippen molar-refractivity contribution in [3.63, 3.8) is 0 Å². The van der Waals surface area contributed by atoms with Gasteiger partial charge in [0.05, 0.1) is 22.6 Å². The van der Waals surface area contributed by atoms with Crippen LogP contribution in [0.4, 0.5) is 5.69 Å². The van der Waals surface area contributed by atoms with Crippen molar-refractivity contribution in [3.05, 3.63) is 78.2 Å². The Labute approximate surface area is 213 Å². The van der Waals surface area contributed by atoms with Crippen molar-refractivity contribution in [3.8, 4) is 0 Å². The van der Waals surface area contributed by atoms with Crippen LogP contribution in [-0.2, 0) is 9.59 Å². The van der Waals surface area contributed by atoms with E-state index in [4.69, 9.17) is 5.21 Å². The number of carbonyl (C=O) groups is 2. The number of nitrogens with zero attached hydrogens (tertiary/aromatic N) is 2. The van der Waals surface area contributed by atoms with Crippen LogP contribution in [0.5, 0.6) is 0 Å². The lowest BCUT2D eigenvalue weighted by Crippen LogP contribution is -2.17. The minimum absolute atomic E-state index is 0.0667. The van der Waals surface area contributed by atoms with Crippen LogP contribution in [0.1, 0.15) is 43.5 Å². The summed E-state index contributed by atoms with van der Waals surface area (Å²) in [5.41, 5.74) is 5.02. The second-order valence-electron chi connectivity index (χ2n) is 8.15. The second kappa shape index (κ2) is 12.7. The number of amides is 2. The van der Waals surface area contributed by atoms with Crippen molar-refractivity contribution >= 4 is 52.3 Å². The summed E-state index contributed by atoms with van der Waals surface area (Å²) < 4.78 is 0. The summed E-state index contributed by atoms with van der Waals surface area (Å²) in [6.45, 7) is 0. The number of pyridine rings is 1. The Morgan fingerprint density at radius 1 is 0.944 bits per heavy atom. The average molecular weight is 502 g/mol. The second-order valence-corrected chi connectivity index (χ2v) is 9.26. The van der Waals surface area contributed by atoms with E-state index >= 15 is 0 Å². The molecule has 0 atom stereocenters. The van der Waals surface area contributed by atoms with E-state index in [2.05, 4.69) is 20.5 Å². The fraction of sp³-hybridized carbons (Fsp3) is 0.185. The number of unbranched alkanes of at least 4 members (excludes halogenated alkanes) is 2. The molecule has 4 N–H and O–H groups in total. The van der Waals surface area contributed by atoms with Crippen LogP contribution in [0.25, 0.3) is 23.1 Å². The first-order valence-corrected chi connectivity index (χ1v) is 12.5. The zero-order valence-corrected chi connectivity index (χ0v) is 20.4. The maximum atomic E-state index is 12.4. The quantitative estimate of drug-likeness (QED) is 0.119. The van der Waals surface area contributed by atoms with Crippen molar-refractivity contribution in [1.82, 2.24) is 20.7 Å². The van der Waals surface area contributed by atoms with Gasteiger partial charge in [-0.1, -0.05) is 36.4 Å². The Kier molecular flexibility index (Phi) is 8.85. The maximum absolute atomic E-state index is 12.4. The Bertz CT molecular complexity index is 1350. The molecule has 8 nitrogen and oxygen atoms in total. The minimum atomic E-state index is -0.407. The number of hydroxylamine groups is 1. The lowest BCUT2D eigenvalue weighted by molar-refractivity contribution is -0.129. The van der Waals surface area contributed by atoms with Crippen molar-refractivity contribution in [2.45, 2.75) is 41.9 Å². The van der Waals surface area contributed by atoms with Gasteiger partial charge in [0.1, 0.15) is 0 Å². The molecule has 2 amide bonds. The molecule has 36 heavy (non-hydrogen) atoms. The van der Waals surface area contributed by atoms with E-state index in [9.17, 15) is 9.59 Å². The lowest BCUT2D eigenvalue weighted by Gasteiger charge is -2.11. The Hall–Kier alpha value is -3.95. The molecule has 0 aliphatic rings. The molecule has 0 spiro atoms. The molecule has 4 rings (SSSR count). The lowest BCUT2D eigenvalue weighted by atomic mass is 10.1. The van der Waals surface area contributed by atoms with Crippen LogP contribution in [0.15, 0.2) is 76.7 Å². The molecule has 2 heterocycles. The zero-order chi connectivity index (χ0) is 25.2. The fourth-order valence-electron chi connectivity index (χ4n) is 3.65. The number of rotatable bonds is 11. The van der Waals surface area contributed by atoms with Crippen LogP contribution in [0.2, 0.25) is 0 Å². The number of aromatic nitrogens is 3. The van der Waals surface area contributed by atoms with Gasteiger partial charge in [-0.25, -0.2) is 5.48 Å². The maximum Gasteiger partial charge on any atom is 0.243 e. The van der Waals surface area contributed by atoms with Gasteiger partial charge in [-0.15, -0.1) is 0 Å². The van der Waals surface area contributed by atoms with Gasteiger partial charge in [0.25, 0.3) is 0 Å². The number of benzene rings is 2. The van der Waals surface area contributed by atoms with Crippen molar-refractivity contribution < 1.29 is 14.8 Å². The molecular formula is C27H27N5O3S. The number of hydrogen-bond donors (Lipinski definition) is 4. The average Bonchev–Trinajstić information content (AvgIpc) is 3.31. The van der Waals surface area contributed by atoms with E-state index in [1.54, 1.807) is 23.4 Å². The zero-order valence-electron chi connectivity index (χ0n) is 19.6. The Morgan fingerprint density at radius 3 is 2.56 bits per heavy atom. The third-order valence-corrected chi connectivity index (χ3v) is 6.55. The summed E-state index contributed by atoms with van der Waals surface area (Å²) in [7, 11) is 0. The standard InChI is InChI=1S/C27H27N5O3S/c33-26(11-2-1-3-12-27(34)32-35)29-23-9-4-5-10-25(23)36-20-14-15-21-22(30-31-24(21)18-20)16-13-19-8-6-7-17-28-19/h4-10,13-18,35H,1-3,11-12H2,(H,29,33)(H,30,31)(H,32,34). The third-order valence-electron chi connectivity index (χ3n) is 5.48. The number of nitrogens with one attached hydrogen (secondary N) is 3. The molecular weight excluding hydrogens is 474 g/mol. The molecule has 2 aromatic carbocycles. The molecule has 2 aromatic heterocycles. The van der Waals surface area contributed by atoms with Gasteiger partial charge in [-0.05, 0) is 67.5 Å².